The minimum Gasteiger partial charge on any atom is -0.478 e. The van der Waals surface area contributed by atoms with Crippen molar-refractivity contribution in [2.75, 3.05) is 0 Å². The lowest BCUT2D eigenvalue weighted by molar-refractivity contribution is -0.336. The lowest BCUT2D eigenvalue weighted by Crippen LogP contribution is -2.71. The number of hydrogen-bond acceptors (Lipinski definition) is 7. The number of aliphatic carboxylic acids is 1. The van der Waals surface area contributed by atoms with E-state index in [9.17, 15) is 24.3 Å². The molecule has 0 aromatic carbocycles. The van der Waals surface area contributed by atoms with Gasteiger partial charge in [0, 0.05) is 26.3 Å². The Labute approximate surface area is 262 Å². The third kappa shape index (κ3) is 5.14. The summed E-state index contributed by atoms with van der Waals surface area (Å²) in [7, 11) is 0. The van der Waals surface area contributed by atoms with Crippen molar-refractivity contribution >= 4 is 23.9 Å². The van der Waals surface area contributed by atoms with Gasteiger partial charge in [-0.25, -0.2) is 4.79 Å². The van der Waals surface area contributed by atoms with E-state index in [1.54, 1.807) is 6.92 Å². The van der Waals surface area contributed by atoms with E-state index in [4.69, 9.17) is 14.2 Å². The molecule has 244 valence electrons. The summed E-state index contributed by atoms with van der Waals surface area (Å²) >= 11 is 0. The highest BCUT2D eigenvalue weighted by molar-refractivity contribution is 5.85. The van der Waals surface area contributed by atoms with Crippen molar-refractivity contribution in [3.8, 4) is 0 Å². The summed E-state index contributed by atoms with van der Waals surface area (Å²) in [6, 6.07) is 0. The maximum absolute atomic E-state index is 12.8. The maximum Gasteiger partial charge on any atom is 0.330 e. The molecule has 0 heterocycles. The topological polar surface area (TPSA) is 116 Å². The van der Waals surface area contributed by atoms with Crippen molar-refractivity contribution < 1.29 is 38.5 Å². The molecule has 8 heteroatoms. The number of carboxylic acid groups (broad SMARTS) is 1. The number of allylic oxidation sites excluding steroid dienone is 4. The van der Waals surface area contributed by atoms with Crippen LogP contribution in [-0.2, 0) is 33.4 Å². The molecule has 0 amide bonds. The van der Waals surface area contributed by atoms with Gasteiger partial charge in [0.2, 0.25) is 0 Å². The fourth-order valence-corrected chi connectivity index (χ4v) is 9.98. The predicted octanol–water partition coefficient (Wildman–Crippen LogP) is 7.32. The quantitative estimate of drug-likeness (QED) is 0.172. The van der Waals surface area contributed by atoms with Gasteiger partial charge in [0.1, 0.15) is 0 Å². The summed E-state index contributed by atoms with van der Waals surface area (Å²) in [4.78, 5) is 49.4. The fourth-order valence-electron chi connectivity index (χ4n) is 9.98. The standard InChI is InChI=1S/C36H52O8/c1-21(12-11-13-22(2)31(40)41)26-16-18-34(9)27-14-15-29-32(6,7)20-30(42-23(3)37)36(43-24(4)38,44-25(5)39)35(29,10)28(27)17-19-33(26,34)8/h13-14,17,21,26,29-30H,11-12,15-16,18-20H2,1-10H3,(H,40,41)/b22-13-/t21-,26-,29+,30?,33-,34+,35-/m1/s1. The summed E-state index contributed by atoms with van der Waals surface area (Å²) in [6.45, 7) is 18.9. The molecule has 4 aliphatic rings. The Kier molecular flexibility index (Phi) is 8.86. The molecule has 44 heavy (non-hydrogen) atoms. The monoisotopic (exact) mass is 612 g/mol. The number of rotatable bonds is 8. The van der Waals surface area contributed by atoms with Crippen LogP contribution in [0.25, 0.3) is 0 Å². The van der Waals surface area contributed by atoms with E-state index in [-0.39, 0.29) is 22.2 Å². The average Bonchev–Trinajstić information content (AvgIpc) is 3.17. The predicted molar refractivity (Wildman–Crippen MR) is 166 cm³/mol. The minimum atomic E-state index is -1.83. The van der Waals surface area contributed by atoms with Crippen LogP contribution in [0.15, 0.2) is 34.9 Å². The van der Waals surface area contributed by atoms with Crippen molar-refractivity contribution in [3.63, 3.8) is 0 Å². The molecule has 0 bridgehead atoms. The lowest BCUT2D eigenvalue weighted by atomic mass is 9.42. The molecule has 0 radical (unpaired) electrons. The molecular weight excluding hydrogens is 560 g/mol. The fraction of sp³-hybridized carbons (Fsp3) is 0.722. The minimum absolute atomic E-state index is 0.0541. The van der Waals surface area contributed by atoms with Crippen molar-refractivity contribution in [2.24, 2.45) is 39.4 Å². The number of ether oxygens (including phenoxy) is 3. The van der Waals surface area contributed by atoms with Gasteiger partial charge in [0.15, 0.2) is 6.10 Å². The van der Waals surface area contributed by atoms with Crippen LogP contribution in [0.5, 0.6) is 0 Å². The second kappa shape index (κ2) is 11.5. The second-order valence-electron chi connectivity index (χ2n) is 15.2. The first-order chi connectivity index (χ1) is 20.3. The Morgan fingerprint density at radius 3 is 2.11 bits per heavy atom. The van der Waals surface area contributed by atoms with Gasteiger partial charge in [-0.1, -0.05) is 52.8 Å². The van der Waals surface area contributed by atoms with Gasteiger partial charge in [-0.05, 0) is 104 Å². The van der Waals surface area contributed by atoms with Crippen LogP contribution >= 0.6 is 0 Å². The molecule has 0 spiro atoms. The molecule has 7 atom stereocenters. The van der Waals surface area contributed by atoms with Gasteiger partial charge in [-0.2, -0.15) is 0 Å². The Bertz CT molecular complexity index is 1300. The molecular formula is C36H52O8. The van der Waals surface area contributed by atoms with E-state index in [1.165, 1.54) is 26.3 Å². The molecule has 0 aromatic rings. The molecule has 1 N–H and O–H groups in total. The molecule has 1 unspecified atom stereocenters. The first-order valence-electron chi connectivity index (χ1n) is 16.1. The van der Waals surface area contributed by atoms with E-state index in [1.807, 2.05) is 13.0 Å². The number of esters is 3. The molecule has 4 aliphatic carbocycles. The zero-order valence-corrected chi connectivity index (χ0v) is 28.3. The van der Waals surface area contributed by atoms with Gasteiger partial charge in [-0.15, -0.1) is 0 Å². The van der Waals surface area contributed by atoms with Crippen molar-refractivity contribution in [1.29, 1.82) is 0 Å². The molecule has 0 aliphatic heterocycles. The van der Waals surface area contributed by atoms with E-state index in [0.717, 1.165) is 37.7 Å². The highest BCUT2D eigenvalue weighted by atomic mass is 16.8. The number of carbonyl (C=O) groups excluding carboxylic acids is 3. The van der Waals surface area contributed by atoms with Crippen molar-refractivity contribution in [1.82, 2.24) is 0 Å². The van der Waals surface area contributed by atoms with Crippen LogP contribution < -0.4 is 0 Å². The third-order valence-electron chi connectivity index (χ3n) is 12.3. The Morgan fingerprint density at radius 1 is 0.955 bits per heavy atom. The smallest absolute Gasteiger partial charge is 0.330 e. The van der Waals surface area contributed by atoms with Gasteiger partial charge in [0.25, 0.3) is 0 Å². The summed E-state index contributed by atoms with van der Waals surface area (Å²) < 4.78 is 18.2. The van der Waals surface area contributed by atoms with Crippen LogP contribution in [0, 0.1) is 39.4 Å². The van der Waals surface area contributed by atoms with E-state index in [2.05, 4.69) is 46.8 Å². The van der Waals surface area contributed by atoms with E-state index < -0.39 is 41.2 Å². The Morgan fingerprint density at radius 2 is 1.57 bits per heavy atom. The second-order valence-corrected chi connectivity index (χ2v) is 15.2. The molecule has 0 saturated heterocycles. The largest absolute Gasteiger partial charge is 0.478 e. The van der Waals surface area contributed by atoms with Crippen LogP contribution in [0.4, 0.5) is 0 Å². The number of hydrogen-bond donors (Lipinski definition) is 1. The third-order valence-corrected chi connectivity index (χ3v) is 12.3. The highest BCUT2D eigenvalue weighted by Crippen LogP contribution is 2.73. The summed E-state index contributed by atoms with van der Waals surface area (Å²) in [5.74, 6) is -3.68. The first kappa shape index (κ1) is 34.0. The molecule has 2 fully saturated rings. The number of fused-ring (bicyclic) bond motifs is 5. The van der Waals surface area contributed by atoms with Crippen LogP contribution in [0.3, 0.4) is 0 Å². The Hall–Kier alpha value is -2.90. The lowest BCUT2D eigenvalue weighted by Gasteiger charge is -2.65. The summed E-state index contributed by atoms with van der Waals surface area (Å²) in [5.41, 5.74) is 1.06. The van der Waals surface area contributed by atoms with Crippen molar-refractivity contribution in [2.45, 2.75) is 126 Å². The van der Waals surface area contributed by atoms with E-state index in [0.29, 0.717) is 30.3 Å². The molecule has 8 nitrogen and oxygen atoms in total. The van der Waals surface area contributed by atoms with E-state index >= 15 is 0 Å². The molecule has 4 rings (SSSR count). The average molecular weight is 613 g/mol. The van der Waals surface area contributed by atoms with Gasteiger partial charge >= 0.3 is 29.7 Å². The SMILES string of the molecule is CC(=O)OC1CC(C)(C)[C@@H]2CC=C3C(=CC[C@]4(C)[C@@H]([C@H](C)CC/C=C(/C)C(=O)O)CC[C@@]34C)[C@@]2(C)C1(OC(C)=O)OC(C)=O. The van der Waals surface area contributed by atoms with Crippen LogP contribution in [0.2, 0.25) is 0 Å². The van der Waals surface area contributed by atoms with Gasteiger partial charge in [0.05, 0.1) is 5.41 Å². The van der Waals surface area contributed by atoms with Crippen LogP contribution in [0.1, 0.15) is 114 Å². The van der Waals surface area contributed by atoms with Crippen LogP contribution in [-0.4, -0.2) is 40.9 Å². The molecule has 2 saturated carbocycles. The number of carbonyl (C=O) groups is 4. The normalized spacial score (nSPS) is 36.0. The summed E-state index contributed by atoms with van der Waals surface area (Å²) in [5, 5.41) is 9.27. The maximum atomic E-state index is 12.8. The first-order valence-corrected chi connectivity index (χ1v) is 16.1. The zero-order valence-electron chi connectivity index (χ0n) is 28.3. The zero-order chi connectivity index (χ0) is 33.0. The molecule has 0 aromatic heterocycles. The van der Waals surface area contributed by atoms with Crippen molar-refractivity contribution in [3.05, 3.63) is 34.9 Å². The Balaban J connectivity index is 1.84. The van der Waals surface area contributed by atoms with Gasteiger partial charge < -0.3 is 19.3 Å². The van der Waals surface area contributed by atoms with Gasteiger partial charge in [-0.3, -0.25) is 14.4 Å². The summed E-state index contributed by atoms with van der Waals surface area (Å²) in [6.07, 6.45) is 11.1. The number of carboxylic acids is 1. The highest BCUT2D eigenvalue weighted by Gasteiger charge is 2.74.